The molecule has 0 aromatic heterocycles. The Morgan fingerprint density at radius 3 is 1.15 bits per heavy atom. The van der Waals surface area contributed by atoms with Crippen LogP contribution >= 0.6 is 0 Å². The van der Waals surface area contributed by atoms with Crippen LogP contribution in [-0.4, -0.2) is 66.1 Å². The fourth-order valence-electron chi connectivity index (χ4n) is 1.87. The van der Waals surface area contributed by atoms with Crippen LogP contribution in [0.4, 0.5) is 83.4 Å². The van der Waals surface area contributed by atoms with Crippen molar-refractivity contribution in [2.75, 3.05) is 6.61 Å². The van der Waals surface area contributed by atoms with Gasteiger partial charge in [-0.1, -0.05) is 6.58 Å². The lowest BCUT2D eigenvalue weighted by molar-refractivity contribution is -0.472. The van der Waals surface area contributed by atoms with Crippen LogP contribution in [0, 0.1) is 0 Å². The van der Waals surface area contributed by atoms with E-state index in [0.29, 0.717) is 0 Å². The first-order valence-corrected chi connectivity index (χ1v) is 7.34. The molecule has 0 bridgehead atoms. The van der Waals surface area contributed by atoms with Crippen molar-refractivity contribution in [3.05, 3.63) is 12.7 Å². The summed E-state index contributed by atoms with van der Waals surface area (Å²) in [5.41, 5.74) is -8.78. The molecule has 0 aromatic rings. The summed E-state index contributed by atoms with van der Waals surface area (Å²) in [6.45, 7) is -0.936. The van der Waals surface area contributed by atoms with E-state index in [1.807, 2.05) is 0 Å². The van der Waals surface area contributed by atoms with Crippen molar-refractivity contribution in [2.45, 2.75) is 53.6 Å². The van der Waals surface area contributed by atoms with Gasteiger partial charge in [-0.15, -0.1) is 0 Å². The van der Waals surface area contributed by atoms with E-state index in [1.165, 1.54) is 0 Å². The van der Waals surface area contributed by atoms with E-state index in [1.54, 1.807) is 0 Å². The van der Waals surface area contributed by atoms with Gasteiger partial charge in [0.25, 0.3) is 0 Å². The summed E-state index contributed by atoms with van der Waals surface area (Å²) >= 11 is 0. The van der Waals surface area contributed by atoms with Crippen LogP contribution in [0.1, 0.15) is 0 Å². The third kappa shape index (κ3) is 4.11. The Labute approximate surface area is 173 Å². The van der Waals surface area contributed by atoms with Gasteiger partial charge in [0.2, 0.25) is 0 Å². The lowest BCUT2D eigenvalue weighted by Gasteiger charge is -2.44. The first kappa shape index (κ1) is 31.9. The zero-order valence-corrected chi connectivity index (χ0v) is 15.0. The Hall–Kier alpha value is -2.12. The van der Waals surface area contributed by atoms with Crippen LogP contribution in [-0.2, 0) is 9.53 Å². The Kier molecular flexibility index (Phi) is 7.72. The van der Waals surface area contributed by atoms with Crippen LogP contribution in [0.5, 0.6) is 0 Å². The van der Waals surface area contributed by atoms with Crippen molar-refractivity contribution in [3.8, 4) is 0 Å². The molecule has 0 atom stereocenters. The van der Waals surface area contributed by atoms with Crippen molar-refractivity contribution < 1.29 is 92.9 Å². The summed E-state index contributed by atoms with van der Waals surface area (Å²) in [5, 5.41) is 0. The Morgan fingerprint density at radius 2 is 0.853 bits per heavy atom. The summed E-state index contributed by atoms with van der Waals surface area (Å²) in [6.07, 6.45) is -16.8. The molecule has 202 valence electrons. The minimum Gasteiger partial charge on any atom is -0.456 e. The van der Waals surface area contributed by atoms with Gasteiger partial charge in [0.15, 0.2) is 6.61 Å². The summed E-state index contributed by atoms with van der Waals surface area (Å²) in [5.74, 6) is -52.9. The van der Waals surface area contributed by atoms with Crippen molar-refractivity contribution in [1.29, 1.82) is 0 Å². The summed E-state index contributed by atoms with van der Waals surface area (Å²) in [4.78, 5) is 10.5. The maximum atomic E-state index is 13.5. The molecule has 2 nitrogen and oxygen atoms in total. The lowest BCUT2D eigenvalue weighted by Crippen LogP contribution is -2.77. The quantitative estimate of drug-likeness (QED) is 0.189. The van der Waals surface area contributed by atoms with E-state index in [9.17, 15) is 88.2 Å². The first-order valence-electron chi connectivity index (χ1n) is 7.34. The number of ether oxygens (including phenoxy) is 1. The van der Waals surface area contributed by atoms with E-state index in [2.05, 4.69) is 11.3 Å². The molecule has 0 N–H and O–H groups in total. The maximum absolute atomic E-state index is 13.5. The standard InChI is InChI=1S/C13H5F19O2/c1-2-4(33)34-3-5(14,15)7(17,18)9(21,22)11(25,26)10(23,24)8(19,20)6(16,12(27,28)29)13(30,31)32/h2H,1,3H2. The minimum atomic E-state index is -9.08. The van der Waals surface area contributed by atoms with E-state index < -0.39 is 66.1 Å². The lowest BCUT2D eigenvalue weighted by atomic mass is 9.83. The van der Waals surface area contributed by atoms with E-state index >= 15 is 0 Å². The molecule has 0 aliphatic rings. The number of alkyl halides is 19. The molecule has 21 heteroatoms. The summed E-state index contributed by atoms with van der Waals surface area (Å²) in [7, 11) is 0. The van der Waals surface area contributed by atoms with Crippen molar-refractivity contribution >= 4 is 5.97 Å². The predicted octanol–water partition coefficient (Wildman–Crippen LogP) is 6.36. The van der Waals surface area contributed by atoms with Gasteiger partial charge in [-0.05, 0) is 0 Å². The van der Waals surface area contributed by atoms with Crippen LogP contribution in [0.25, 0.3) is 0 Å². The number of carbonyl (C=O) groups excluding carboxylic acids is 1. The highest BCUT2D eigenvalue weighted by Crippen LogP contribution is 2.66. The Bertz CT molecular complexity index is 760. The normalized spacial score (nSPS) is 15.9. The van der Waals surface area contributed by atoms with Gasteiger partial charge in [0.1, 0.15) is 0 Å². The van der Waals surface area contributed by atoms with Gasteiger partial charge in [-0.3, -0.25) is 0 Å². The van der Waals surface area contributed by atoms with Crippen LogP contribution in [0.2, 0.25) is 0 Å². The number of halogens is 19. The van der Waals surface area contributed by atoms with Crippen LogP contribution < -0.4 is 0 Å². The summed E-state index contributed by atoms with van der Waals surface area (Å²) < 4.78 is 251. The van der Waals surface area contributed by atoms with E-state index in [-0.39, 0.29) is 6.08 Å². The minimum absolute atomic E-state index is 0.134. The van der Waals surface area contributed by atoms with E-state index in [4.69, 9.17) is 0 Å². The predicted molar refractivity (Wildman–Crippen MR) is 66.8 cm³/mol. The molecule has 0 heterocycles. The van der Waals surface area contributed by atoms with Crippen molar-refractivity contribution in [3.63, 3.8) is 0 Å². The average Bonchev–Trinajstić information content (AvgIpc) is 2.62. The van der Waals surface area contributed by atoms with Crippen molar-refractivity contribution in [1.82, 2.24) is 0 Å². The van der Waals surface area contributed by atoms with Gasteiger partial charge in [-0.2, -0.15) is 79.0 Å². The fraction of sp³-hybridized carbons (Fsp3) is 0.769. The monoisotopic (exact) mass is 554 g/mol. The molecule has 0 saturated carbocycles. The molecular formula is C13H5F19O2. The van der Waals surface area contributed by atoms with E-state index in [0.717, 1.165) is 0 Å². The molecule has 0 aromatic carbocycles. The van der Waals surface area contributed by atoms with Gasteiger partial charge >= 0.3 is 59.5 Å². The molecule has 0 aliphatic heterocycles. The van der Waals surface area contributed by atoms with Crippen molar-refractivity contribution in [2.24, 2.45) is 0 Å². The molecule has 0 unspecified atom stereocenters. The third-order valence-electron chi connectivity index (χ3n) is 3.81. The molecule has 0 amide bonds. The SMILES string of the molecule is C=CC(=O)OCC(F)(F)C(F)(F)C(F)(F)C(F)(F)C(F)(F)C(F)(F)C(F)(C(F)(F)F)C(F)(F)F. The molecule has 0 fully saturated rings. The van der Waals surface area contributed by atoms with Gasteiger partial charge < -0.3 is 4.74 Å². The van der Waals surface area contributed by atoms with Gasteiger partial charge in [0, 0.05) is 6.08 Å². The zero-order valence-electron chi connectivity index (χ0n) is 15.0. The highest BCUT2D eigenvalue weighted by atomic mass is 19.4. The number of hydrogen-bond acceptors (Lipinski definition) is 2. The second-order valence-corrected chi connectivity index (χ2v) is 6.04. The molecule has 0 rings (SSSR count). The topological polar surface area (TPSA) is 26.3 Å². The average molecular weight is 554 g/mol. The molecule has 0 saturated heterocycles. The molecule has 0 spiro atoms. The molecule has 0 aliphatic carbocycles. The van der Waals surface area contributed by atoms with Gasteiger partial charge in [-0.25, -0.2) is 9.18 Å². The number of carbonyl (C=O) groups is 1. The first-order chi connectivity index (χ1) is 14.5. The second-order valence-electron chi connectivity index (χ2n) is 6.04. The van der Waals surface area contributed by atoms with Gasteiger partial charge in [0.05, 0.1) is 0 Å². The van der Waals surface area contributed by atoms with Crippen LogP contribution in [0.15, 0.2) is 12.7 Å². The summed E-state index contributed by atoms with van der Waals surface area (Å²) in [6, 6.07) is 0. The second kappa shape index (κ2) is 8.23. The third-order valence-corrected chi connectivity index (χ3v) is 3.81. The maximum Gasteiger partial charge on any atom is 0.438 e. The molecule has 34 heavy (non-hydrogen) atoms. The Balaban J connectivity index is 6.93. The number of rotatable bonds is 9. The van der Waals surface area contributed by atoms with Crippen LogP contribution in [0.3, 0.4) is 0 Å². The fourth-order valence-corrected chi connectivity index (χ4v) is 1.87. The molecular weight excluding hydrogens is 549 g/mol. The zero-order chi connectivity index (χ0) is 28.2. The molecule has 0 radical (unpaired) electrons. The smallest absolute Gasteiger partial charge is 0.438 e. The largest absolute Gasteiger partial charge is 0.456 e. The number of esters is 1. The Morgan fingerprint density at radius 1 is 0.559 bits per heavy atom. The highest BCUT2D eigenvalue weighted by molar-refractivity contribution is 5.81. The highest BCUT2D eigenvalue weighted by Gasteiger charge is 2.98. The number of hydrogen-bond donors (Lipinski definition) is 0.